The number of hydrogen-bond acceptors (Lipinski definition) is 7. The zero-order valence-corrected chi connectivity index (χ0v) is 15.5. The summed E-state index contributed by atoms with van der Waals surface area (Å²) in [4.78, 5) is 16.0. The third kappa shape index (κ3) is 3.55. The highest BCUT2D eigenvalue weighted by atomic mass is 32.2. The molecule has 0 aliphatic heterocycles. The lowest BCUT2D eigenvalue weighted by Crippen LogP contribution is -1.92. The number of unbranched alkanes of at least 4 members (excludes halogenated alkanes) is 1. The Labute approximate surface area is 143 Å². The minimum atomic E-state index is 0.638. The molecule has 0 N–H and O–H groups in total. The maximum absolute atomic E-state index is 5.34. The lowest BCUT2D eigenvalue weighted by Gasteiger charge is -2.03. The van der Waals surface area contributed by atoms with E-state index in [0.717, 1.165) is 46.2 Å². The van der Waals surface area contributed by atoms with E-state index in [9.17, 15) is 0 Å². The molecular formula is C16H20N4OS2. The van der Waals surface area contributed by atoms with Crippen molar-refractivity contribution in [2.45, 2.75) is 57.7 Å². The van der Waals surface area contributed by atoms with Crippen molar-refractivity contribution in [3.63, 3.8) is 0 Å². The molecule has 3 aromatic rings. The van der Waals surface area contributed by atoms with Crippen LogP contribution in [-0.2, 0) is 12.2 Å². The van der Waals surface area contributed by atoms with Crippen molar-refractivity contribution in [1.82, 2.24) is 20.1 Å². The van der Waals surface area contributed by atoms with E-state index in [1.165, 1.54) is 10.4 Å². The summed E-state index contributed by atoms with van der Waals surface area (Å²) in [5.41, 5.74) is 1.27. The molecule has 5 nitrogen and oxygen atoms in total. The first-order valence-electron chi connectivity index (χ1n) is 7.77. The van der Waals surface area contributed by atoms with Gasteiger partial charge in [-0.3, -0.25) is 0 Å². The van der Waals surface area contributed by atoms with E-state index in [2.05, 4.69) is 40.9 Å². The Morgan fingerprint density at radius 2 is 1.96 bits per heavy atom. The maximum Gasteiger partial charge on any atom is 0.237 e. The molecule has 122 valence electrons. The van der Waals surface area contributed by atoms with Gasteiger partial charge in [0.1, 0.15) is 15.7 Å². The normalized spacial score (nSPS) is 11.5. The van der Waals surface area contributed by atoms with E-state index < -0.39 is 0 Å². The first kappa shape index (κ1) is 16.4. The van der Waals surface area contributed by atoms with Crippen LogP contribution in [0.5, 0.6) is 0 Å². The number of aromatic nitrogens is 4. The van der Waals surface area contributed by atoms with Crippen LogP contribution in [0.15, 0.2) is 9.55 Å². The molecule has 0 bridgehead atoms. The topological polar surface area (TPSA) is 64.7 Å². The number of rotatable bonds is 6. The number of aryl methyl sites for hydroxylation is 4. The third-order valence-electron chi connectivity index (χ3n) is 3.70. The first-order valence-corrected chi connectivity index (χ1v) is 9.57. The molecule has 0 saturated heterocycles. The van der Waals surface area contributed by atoms with Crippen LogP contribution in [0.25, 0.3) is 10.2 Å². The van der Waals surface area contributed by atoms with E-state index in [1.807, 2.05) is 6.92 Å². The van der Waals surface area contributed by atoms with Crippen molar-refractivity contribution >= 4 is 33.3 Å². The summed E-state index contributed by atoms with van der Waals surface area (Å²) in [6.07, 6.45) is 3.10. The largest absolute Gasteiger partial charge is 0.338 e. The van der Waals surface area contributed by atoms with Gasteiger partial charge in [-0.2, -0.15) is 4.98 Å². The van der Waals surface area contributed by atoms with Gasteiger partial charge in [-0.05, 0) is 32.8 Å². The lowest BCUT2D eigenvalue weighted by molar-refractivity contribution is 0.384. The molecule has 0 aromatic carbocycles. The van der Waals surface area contributed by atoms with E-state index >= 15 is 0 Å². The average molecular weight is 348 g/mol. The monoisotopic (exact) mass is 348 g/mol. The van der Waals surface area contributed by atoms with Gasteiger partial charge in [-0.15, -0.1) is 11.3 Å². The van der Waals surface area contributed by atoms with Crippen LogP contribution in [-0.4, -0.2) is 20.1 Å². The second kappa shape index (κ2) is 6.97. The molecule has 0 radical (unpaired) electrons. The summed E-state index contributed by atoms with van der Waals surface area (Å²) in [5.74, 6) is 2.90. The van der Waals surface area contributed by atoms with Crippen molar-refractivity contribution in [2.24, 2.45) is 0 Å². The molecule has 7 heteroatoms. The Balaban J connectivity index is 1.80. The molecule has 3 aromatic heterocycles. The summed E-state index contributed by atoms with van der Waals surface area (Å²) < 4.78 is 5.34. The van der Waals surface area contributed by atoms with Crippen LogP contribution in [0.1, 0.15) is 47.7 Å². The molecule has 3 heterocycles. The molecule has 3 rings (SSSR count). The van der Waals surface area contributed by atoms with Crippen molar-refractivity contribution in [3.05, 3.63) is 28.0 Å². The number of thiophene rings is 1. The SMILES string of the molecule is CCCCc1noc(CSc2nc(C)nc3sc(C)c(C)c23)n1. The second-order valence-corrected chi connectivity index (χ2v) is 7.70. The fourth-order valence-corrected chi connectivity index (χ4v) is 4.44. The fourth-order valence-electron chi connectivity index (χ4n) is 2.33. The number of nitrogens with zero attached hydrogens (tertiary/aromatic N) is 4. The van der Waals surface area contributed by atoms with Gasteiger partial charge in [0.15, 0.2) is 5.82 Å². The van der Waals surface area contributed by atoms with E-state index in [4.69, 9.17) is 4.52 Å². The van der Waals surface area contributed by atoms with Crippen LogP contribution in [0.2, 0.25) is 0 Å². The molecule has 0 fully saturated rings. The summed E-state index contributed by atoms with van der Waals surface area (Å²) in [7, 11) is 0. The van der Waals surface area contributed by atoms with Crippen LogP contribution in [0, 0.1) is 20.8 Å². The smallest absolute Gasteiger partial charge is 0.237 e. The number of fused-ring (bicyclic) bond motifs is 1. The van der Waals surface area contributed by atoms with Gasteiger partial charge < -0.3 is 4.52 Å². The zero-order chi connectivity index (χ0) is 16.4. The summed E-state index contributed by atoms with van der Waals surface area (Å²) in [6.45, 7) is 8.35. The Morgan fingerprint density at radius 1 is 1.13 bits per heavy atom. The Bertz CT molecular complexity index is 825. The van der Waals surface area contributed by atoms with Crippen LogP contribution in [0.3, 0.4) is 0 Å². The standard InChI is InChI=1S/C16H20N4OS2/c1-5-6-7-12-19-13(21-20-12)8-22-15-14-9(2)10(3)23-16(14)18-11(4)17-15/h5-8H2,1-4H3. The molecule has 0 aliphatic carbocycles. The van der Waals surface area contributed by atoms with Gasteiger partial charge >= 0.3 is 0 Å². The quantitative estimate of drug-likeness (QED) is 0.478. The molecule has 23 heavy (non-hydrogen) atoms. The van der Waals surface area contributed by atoms with Crippen LogP contribution in [0.4, 0.5) is 0 Å². The van der Waals surface area contributed by atoms with Crippen molar-refractivity contribution in [2.75, 3.05) is 0 Å². The van der Waals surface area contributed by atoms with Gasteiger partial charge in [0.2, 0.25) is 5.89 Å². The van der Waals surface area contributed by atoms with Gasteiger partial charge in [0.05, 0.1) is 5.75 Å². The van der Waals surface area contributed by atoms with Gasteiger partial charge in [-0.25, -0.2) is 9.97 Å². The minimum Gasteiger partial charge on any atom is -0.338 e. The predicted octanol–water partition coefficient (Wildman–Crippen LogP) is 4.63. The molecule has 0 spiro atoms. The molecule has 0 aliphatic rings. The van der Waals surface area contributed by atoms with Crippen LogP contribution >= 0.6 is 23.1 Å². The molecule has 0 atom stereocenters. The van der Waals surface area contributed by atoms with Gasteiger partial charge in [0, 0.05) is 16.7 Å². The Hall–Kier alpha value is -1.47. The molecular weight excluding hydrogens is 328 g/mol. The van der Waals surface area contributed by atoms with E-state index in [1.54, 1.807) is 23.1 Å². The van der Waals surface area contributed by atoms with E-state index in [0.29, 0.717) is 11.6 Å². The number of thioether (sulfide) groups is 1. The maximum atomic E-state index is 5.34. The van der Waals surface area contributed by atoms with Crippen LogP contribution < -0.4 is 0 Å². The predicted molar refractivity (Wildman–Crippen MR) is 94.1 cm³/mol. The molecule has 0 unspecified atom stereocenters. The third-order valence-corrected chi connectivity index (χ3v) is 5.77. The van der Waals surface area contributed by atoms with Crippen molar-refractivity contribution in [3.8, 4) is 0 Å². The highest BCUT2D eigenvalue weighted by Crippen LogP contribution is 2.35. The van der Waals surface area contributed by atoms with Gasteiger partial charge in [-0.1, -0.05) is 30.3 Å². The van der Waals surface area contributed by atoms with Crippen molar-refractivity contribution < 1.29 is 4.52 Å². The van der Waals surface area contributed by atoms with Gasteiger partial charge in [0.25, 0.3) is 0 Å². The zero-order valence-electron chi connectivity index (χ0n) is 13.8. The molecule has 0 saturated carbocycles. The highest BCUT2D eigenvalue weighted by molar-refractivity contribution is 7.98. The minimum absolute atomic E-state index is 0.638. The summed E-state index contributed by atoms with van der Waals surface area (Å²) >= 11 is 3.37. The highest BCUT2D eigenvalue weighted by Gasteiger charge is 2.15. The average Bonchev–Trinajstić information content (AvgIpc) is 3.08. The Kier molecular flexibility index (Phi) is 4.96. The van der Waals surface area contributed by atoms with Crippen molar-refractivity contribution in [1.29, 1.82) is 0 Å². The van der Waals surface area contributed by atoms with E-state index in [-0.39, 0.29) is 0 Å². The fraction of sp³-hybridized carbons (Fsp3) is 0.500. The lowest BCUT2D eigenvalue weighted by atomic mass is 10.2. The summed E-state index contributed by atoms with van der Waals surface area (Å²) in [6, 6.07) is 0. The second-order valence-electron chi connectivity index (χ2n) is 5.54. The Morgan fingerprint density at radius 3 is 2.74 bits per heavy atom. The summed E-state index contributed by atoms with van der Waals surface area (Å²) in [5, 5.41) is 6.20. The first-order chi connectivity index (χ1) is 11.1. The molecule has 0 amide bonds. The number of hydrogen-bond donors (Lipinski definition) is 0.